The van der Waals surface area contributed by atoms with E-state index in [0.29, 0.717) is 16.8 Å². The van der Waals surface area contributed by atoms with Gasteiger partial charge in [-0.2, -0.15) is 31.4 Å². The molecular formula is C19H12Cl2F6N2O3S. The van der Waals surface area contributed by atoms with Crippen molar-refractivity contribution in [1.82, 2.24) is 9.78 Å². The summed E-state index contributed by atoms with van der Waals surface area (Å²) in [6.45, 7) is 0. The summed E-state index contributed by atoms with van der Waals surface area (Å²) >= 11 is 11.8. The van der Waals surface area contributed by atoms with Crippen molar-refractivity contribution >= 4 is 33.0 Å². The van der Waals surface area contributed by atoms with E-state index in [4.69, 9.17) is 27.9 Å². The summed E-state index contributed by atoms with van der Waals surface area (Å²) in [6, 6.07) is 6.51. The molecule has 0 bridgehead atoms. The van der Waals surface area contributed by atoms with Gasteiger partial charge in [0.15, 0.2) is 15.5 Å². The Morgan fingerprint density at radius 2 is 1.67 bits per heavy atom. The maximum Gasteiger partial charge on any atom is 0.435 e. The lowest BCUT2D eigenvalue weighted by molar-refractivity contribution is -0.142. The number of ether oxygens (including phenoxy) is 1. The van der Waals surface area contributed by atoms with Gasteiger partial charge in [0.2, 0.25) is 5.88 Å². The van der Waals surface area contributed by atoms with Gasteiger partial charge in [-0.15, -0.1) is 0 Å². The van der Waals surface area contributed by atoms with Crippen molar-refractivity contribution in [3.63, 3.8) is 0 Å². The van der Waals surface area contributed by atoms with E-state index in [0.717, 1.165) is 19.2 Å². The molecule has 0 N–H and O–H groups in total. The van der Waals surface area contributed by atoms with Crippen LogP contribution in [0.25, 0.3) is 0 Å². The molecule has 0 spiro atoms. The third-order valence-electron chi connectivity index (χ3n) is 4.31. The second kappa shape index (κ2) is 8.73. The Labute approximate surface area is 193 Å². The van der Waals surface area contributed by atoms with Crippen LogP contribution in [0.5, 0.6) is 11.6 Å². The van der Waals surface area contributed by atoms with E-state index < -0.39 is 55.5 Å². The Kier molecular flexibility index (Phi) is 6.66. The van der Waals surface area contributed by atoms with Gasteiger partial charge in [-0.3, -0.25) is 0 Å². The molecule has 1 heterocycles. The topological polar surface area (TPSA) is 61.2 Å². The van der Waals surface area contributed by atoms with Gasteiger partial charge in [0.05, 0.1) is 26.8 Å². The summed E-state index contributed by atoms with van der Waals surface area (Å²) in [5.74, 6) is -2.09. The standard InChI is InChI=1S/C19H12Cl2F6N2O3S/c1-29-17(32-15-6-5-11(20)8-14(15)21)13(16(28-29)19(25,26)27)9-33(30,31)12-4-2-3-10(7-12)18(22,23)24/h2-8H,9H2,1H3. The maximum atomic E-state index is 13.6. The molecular weight excluding hydrogens is 521 g/mol. The Morgan fingerprint density at radius 1 is 1.00 bits per heavy atom. The Bertz CT molecular complexity index is 1300. The number of halogens is 8. The third kappa shape index (κ3) is 5.56. The van der Waals surface area contributed by atoms with E-state index in [1.165, 1.54) is 18.2 Å². The van der Waals surface area contributed by atoms with Crippen LogP contribution in [0.15, 0.2) is 47.4 Å². The highest BCUT2D eigenvalue weighted by atomic mass is 35.5. The third-order valence-corrected chi connectivity index (χ3v) is 6.48. The number of sulfone groups is 1. The van der Waals surface area contributed by atoms with Crippen molar-refractivity contribution in [3.8, 4) is 11.6 Å². The molecule has 2 aromatic carbocycles. The molecule has 33 heavy (non-hydrogen) atoms. The molecule has 1 aromatic heterocycles. The van der Waals surface area contributed by atoms with Crippen LogP contribution in [0.4, 0.5) is 26.3 Å². The molecule has 0 amide bonds. The van der Waals surface area contributed by atoms with Gasteiger partial charge >= 0.3 is 12.4 Å². The monoisotopic (exact) mass is 532 g/mol. The molecule has 14 heteroatoms. The van der Waals surface area contributed by atoms with Crippen molar-refractivity contribution in [2.75, 3.05) is 0 Å². The Morgan fingerprint density at radius 3 is 2.24 bits per heavy atom. The van der Waals surface area contributed by atoms with Crippen LogP contribution in [-0.2, 0) is 35.0 Å². The molecule has 0 radical (unpaired) electrons. The fourth-order valence-corrected chi connectivity index (χ4v) is 4.69. The van der Waals surface area contributed by atoms with Gasteiger partial charge < -0.3 is 4.74 Å². The largest absolute Gasteiger partial charge is 0.437 e. The fraction of sp³-hybridized carbons (Fsp3) is 0.211. The minimum Gasteiger partial charge on any atom is -0.437 e. The molecule has 0 aliphatic rings. The minimum absolute atomic E-state index is 0.0797. The van der Waals surface area contributed by atoms with Crippen LogP contribution in [0.3, 0.4) is 0 Å². The van der Waals surface area contributed by atoms with Gasteiger partial charge in [0, 0.05) is 12.1 Å². The Balaban J connectivity index is 2.11. The molecule has 0 aliphatic heterocycles. The number of benzene rings is 2. The molecule has 0 aliphatic carbocycles. The van der Waals surface area contributed by atoms with Crippen molar-refractivity contribution in [2.45, 2.75) is 23.0 Å². The number of aromatic nitrogens is 2. The summed E-state index contributed by atoms with van der Waals surface area (Å²) in [4.78, 5) is -0.815. The van der Waals surface area contributed by atoms with Crippen molar-refractivity contribution < 1.29 is 39.5 Å². The van der Waals surface area contributed by atoms with Crippen LogP contribution in [0, 0.1) is 0 Å². The first-order chi connectivity index (χ1) is 15.1. The highest BCUT2D eigenvalue weighted by Gasteiger charge is 2.41. The van der Waals surface area contributed by atoms with Gasteiger partial charge in [0.1, 0.15) is 5.75 Å². The first-order valence-electron chi connectivity index (χ1n) is 8.75. The zero-order valence-corrected chi connectivity index (χ0v) is 18.6. The van der Waals surface area contributed by atoms with E-state index >= 15 is 0 Å². The zero-order valence-electron chi connectivity index (χ0n) is 16.3. The minimum atomic E-state index is -5.08. The van der Waals surface area contributed by atoms with Crippen molar-refractivity contribution in [1.29, 1.82) is 0 Å². The number of aryl methyl sites for hydroxylation is 1. The number of alkyl halides is 6. The van der Waals surface area contributed by atoms with Gasteiger partial charge in [-0.25, -0.2) is 13.1 Å². The van der Waals surface area contributed by atoms with Gasteiger partial charge in [-0.1, -0.05) is 29.3 Å². The van der Waals surface area contributed by atoms with Gasteiger partial charge in [-0.05, 0) is 36.4 Å². The molecule has 178 valence electrons. The number of hydrogen-bond acceptors (Lipinski definition) is 4. The van der Waals surface area contributed by atoms with E-state index in [1.807, 2.05) is 0 Å². The molecule has 3 rings (SSSR count). The molecule has 0 unspecified atom stereocenters. The molecule has 0 fully saturated rings. The second-order valence-corrected chi connectivity index (χ2v) is 9.55. The number of nitrogens with zero attached hydrogens (tertiary/aromatic N) is 2. The van der Waals surface area contributed by atoms with E-state index in [-0.39, 0.29) is 15.8 Å². The van der Waals surface area contributed by atoms with Crippen LogP contribution in [0.2, 0.25) is 10.0 Å². The quantitative estimate of drug-likeness (QED) is 0.350. The van der Waals surface area contributed by atoms with E-state index in [2.05, 4.69) is 5.10 Å². The zero-order chi connectivity index (χ0) is 24.8. The summed E-state index contributed by atoms with van der Waals surface area (Å²) in [6.07, 6.45) is -9.93. The first-order valence-corrected chi connectivity index (χ1v) is 11.2. The molecule has 0 saturated heterocycles. The molecule has 5 nitrogen and oxygen atoms in total. The van der Waals surface area contributed by atoms with Crippen LogP contribution in [0.1, 0.15) is 16.8 Å². The van der Waals surface area contributed by atoms with E-state index in [9.17, 15) is 34.8 Å². The summed E-state index contributed by atoms with van der Waals surface area (Å²) < 4.78 is 111. The van der Waals surface area contributed by atoms with E-state index in [1.54, 1.807) is 0 Å². The lowest BCUT2D eigenvalue weighted by atomic mass is 10.2. The van der Waals surface area contributed by atoms with Crippen molar-refractivity contribution in [3.05, 3.63) is 69.3 Å². The summed E-state index contributed by atoms with van der Waals surface area (Å²) in [7, 11) is -3.61. The predicted molar refractivity (Wildman–Crippen MR) is 107 cm³/mol. The average Bonchev–Trinajstić information content (AvgIpc) is 2.99. The highest BCUT2D eigenvalue weighted by molar-refractivity contribution is 7.90. The van der Waals surface area contributed by atoms with Crippen molar-refractivity contribution in [2.24, 2.45) is 7.05 Å². The lowest BCUT2D eigenvalue weighted by Gasteiger charge is -2.13. The second-order valence-electron chi connectivity index (χ2n) is 6.72. The first kappa shape index (κ1) is 25.2. The SMILES string of the molecule is Cn1nc(C(F)(F)F)c(CS(=O)(=O)c2cccc(C(F)(F)F)c2)c1Oc1ccc(Cl)cc1Cl. The Hall–Kier alpha value is -2.44. The molecule has 0 saturated carbocycles. The fourth-order valence-electron chi connectivity index (χ4n) is 2.84. The summed E-state index contributed by atoms with van der Waals surface area (Å²) in [5.41, 5.74) is -3.73. The van der Waals surface area contributed by atoms with Crippen LogP contribution in [-0.4, -0.2) is 18.2 Å². The van der Waals surface area contributed by atoms with Crippen LogP contribution >= 0.6 is 23.2 Å². The molecule has 0 atom stereocenters. The normalized spacial score (nSPS) is 12.8. The number of hydrogen-bond donors (Lipinski definition) is 0. The van der Waals surface area contributed by atoms with Crippen LogP contribution < -0.4 is 4.74 Å². The van der Waals surface area contributed by atoms with Gasteiger partial charge in [0.25, 0.3) is 0 Å². The highest BCUT2D eigenvalue weighted by Crippen LogP contribution is 2.40. The number of rotatable bonds is 5. The smallest absolute Gasteiger partial charge is 0.435 e. The average molecular weight is 533 g/mol. The summed E-state index contributed by atoms with van der Waals surface area (Å²) in [5, 5.41) is 3.44. The predicted octanol–water partition coefficient (Wildman–Crippen LogP) is 6.53. The lowest BCUT2D eigenvalue weighted by Crippen LogP contribution is -2.14. The molecule has 3 aromatic rings. The maximum absolute atomic E-state index is 13.6.